The summed E-state index contributed by atoms with van der Waals surface area (Å²) < 4.78 is 7.06. The molecule has 12 heavy (non-hydrogen) atoms. The minimum atomic E-state index is -0.242. The van der Waals surface area contributed by atoms with Crippen LogP contribution in [0.15, 0.2) is 5.17 Å². The van der Waals surface area contributed by atoms with Gasteiger partial charge in [-0.15, -0.1) is 11.6 Å². The molecule has 0 aliphatic rings. The smallest absolute Gasteiger partial charge is 0.307 e. The van der Waals surface area contributed by atoms with Crippen molar-refractivity contribution in [2.24, 2.45) is 0 Å². The van der Waals surface area contributed by atoms with Gasteiger partial charge >= 0.3 is 5.97 Å². The molecule has 0 saturated heterocycles. The largest absolute Gasteiger partial charge is 0.460 e. The van der Waals surface area contributed by atoms with Crippen molar-refractivity contribution in [3.05, 3.63) is 5.17 Å². The molecule has 0 aromatic carbocycles. The first-order valence-electron chi connectivity index (χ1n) is 2.99. The fourth-order valence-electron chi connectivity index (χ4n) is 0.348. The third-order valence-corrected chi connectivity index (χ3v) is 5.27. The molecular formula is C6H6ClI3O2. The van der Waals surface area contributed by atoms with E-state index in [4.69, 9.17) is 16.3 Å². The minimum absolute atomic E-state index is 0.242. The molecule has 6 heteroatoms. The van der Waals surface area contributed by atoms with Gasteiger partial charge in [-0.05, 0) is 67.8 Å². The highest BCUT2D eigenvalue weighted by Crippen LogP contribution is 2.25. The molecule has 0 aliphatic carbocycles. The van der Waals surface area contributed by atoms with Gasteiger partial charge in [-0.25, -0.2) is 0 Å². The maximum Gasteiger partial charge on any atom is 0.307 e. The summed E-state index contributed by atoms with van der Waals surface area (Å²) in [5.74, 6) is 0.0775. The van der Waals surface area contributed by atoms with Crippen LogP contribution in [-0.4, -0.2) is 18.5 Å². The molecule has 0 saturated carbocycles. The van der Waals surface area contributed by atoms with Crippen LogP contribution in [0.25, 0.3) is 0 Å². The normalized spacial score (nSPS) is 9.33. The van der Waals surface area contributed by atoms with Crippen LogP contribution in [0.1, 0.15) is 6.42 Å². The Balaban J connectivity index is 3.69. The van der Waals surface area contributed by atoms with Crippen LogP contribution in [0.3, 0.4) is 0 Å². The summed E-state index contributed by atoms with van der Waals surface area (Å²) in [6, 6.07) is 0. The van der Waals surface area contributed by atoms with Crippen LogP contribution in [-0.2, 0) is 9.53 Å². The average molecular weight is 526 g/mol. The average Bonchev–Trinajstić information content (AvgIpc) is 2.00. The molecule has 0 bridgehead atoms. The number of esters is 1. The Kier molecular flexibility index (Phi) is 9.17. The van der Waals surface area contributed by atoms with Crippen molar-refractivity contribution in [3.8, 4) is 0 Å². The van der Waals surface area contributed by atoms with Crippen LogP contribution in [0, 0.1) is 0 Å². The predicted octanol–water partition coefficient (Wildman–Crippen LogP) is 3.63. The van der Waals surface area contributed by atoms with Gasteiger partial charge in [0.05, 0.1) is 8.01 Å². The van der Waals surface area contributed by atoms with Gasteiger partial charge in [0.15, 0.2) is 0 Å². The van der Waals surface area contributed by atoms with E-state index in [2.05, 4.69) is 67.8 Å². The van der Waals surface area contributed by atoms with Crippen molar-refractivity contribution in [2.75, 3.05) is 12.5 Å². The van der Waals surface area contributed by atoms with Crippen molar-refractivity contribution in [1.82, 2.24) is 0 Å². The first-order chi connectivity index (χ1) is 5.57. The lowest BCUT2D eigenvalue weighted by Crippen LogP contribution is -2.06. The predicted molar refractivity (Wildman–Crippen MR) is 75.4 cm³/mol. The number of ether oxygens (including phenoxy) is 1. The Morgan fingerprint density at radius 2 is 1.92 bits per heavy atom. The third kappa shape index (κ3) is 7.13. The highest BCUT2D eigenvalue weighted by Gasteiger charge is 2.03. The Morgan fingerprint density at radius 1 is 1.33 bits per heavy atom. The van der Waals surface area contributed by atoms with Gasteiger partial charge < -0.3 is 4.74 Å². The zero-order valence-corrected chi connectivity index (χ0v) is 13.2. The summed E-state index contributed by atoms with van der Waals surface area (Å²) in [5.41, 5.74) is 0. The van der Waals surface area contributed by atoms with E-state index in [-0.39, 0.29) is 12.4 Å². The van der Waals surface area contributed by atoms with Crippen molar-refractivity contribution >= 4 is 85.3 Å². The van der Waals surface area contributed by atoms with Crippen molar-refractivity contribution in [2.45, 2.75) is 6.42 Å². The minimum Gasteiger partial charge on any atom is -0.460 e. The van der Waals surface area contributed by atoms with E-state index in [0.29, 0.717) is 12.5 Å². The van der Waals surface area contributed by atoms with Crippen LogP contribution >= 0.6 is 79.4 Å². The molecule has 0 radical (unpaired) electrons. The lowest BCUT2D eigenvalue weighted by atomic mass is 10.5. The first kappa shape index (κ1) is 13.7. The zero-order valence-electron chi connectivity index (χ0n) is 5.95. The van der Waals surface area contributed by atoms with Gasteiger partial charge in [0.2, 0.25) is 0 Å². The van der Waals surface area contributed by atoms with Gasteiger partial charge in [-0.3, -0.25) is 4.79 Å². The maximum absolute atomic E-state index is 10.8. The number of alkyl halides is 1. The molecule has 0 aliphatic heterocycles. The quantitative estimate of drug-likeness (QED) is 0.318. The molecule has 0 fully saturated rings. The molecule has 0 aromatic rings. The second kappa shape index (κ2) is 8.04. The monoisotopic (exact) mass is 526 g/mol. The van der Waals surface area contributed by atoms with Crippen LogP contribution in [0.4, 0.5) is 0 Å². The molecular weight excluding hydrogens is 520 g/mol. The summed E-state index contributed by atoms with van der Waals surface area (Å²) in [6.45, 7) is 0.359. The van der Waals surface area contributed by atoms with Gasteiger partial charge in [-0.2, -0.15) is 0 Å². The van der Waals surface area contributed by atoms with Crippen molar-refractivity contribution in [3.63, 3.8) is 0 Å². The summed E-state index contributed by atoms with van der Waals surface area (Å²) in [7, 11) is 0. The maximum atomic E-state index is 10.8. The van der Waals surface area contributed by atoms with Gasteiger partial charge in [0.1, 0.15) is 6.61 Å². The fourth-order valence-corrected chi connectivity index (χ4v) is 0.969. The fraction of sp³-hybridized carbons (Fsp3) is 0.500. The second-order valence-electron chi connectivity index (χ2n) is 1.76. The van der Waals surface area contributed by atoms with E-state index in [1.165, 1.54) is 0 Å². The van der Waals surface area contributed by atoms with Crippen molar-refractivity contribution < 1.29 is 9.53 Å². The number of hydrogen-bond acceptors (Lipinski definition) is 2. The van der Waals surface area contributed by atoms with E-state index in [1.54, 1.807) is 0 Å². The molecule has 0 N–H and O–H groups in total. The van der Waals surface area contributed by atoms with E-state index in [1.807, 2.05) is 0 Å². The molecule has 2 nitrogen and oxygen atoms in total. The lowest BCUT2D eigenvalue weighted by molar-refractivity contribution is -0.141. The number of carbonyl (C=O) groups is 1. The highest BCUT2D eigenvalue weighted by atomic mass is 127. The second-order valence-corrected chi connectivity index (χ2v) is 7.67. The first-order valence-corrected chi connectivity index (χ1v) is 6.76. The summed E-state index contributed by atoms with van der Waals surface area (Å²) >= 11 is 11.9. The van der Waals surface area contributed by atoms with Crippen LogP contribution in [0.5, 0.6) is 0 Å². The van der Waals surface area contributed by atoms with Crippen molar-refractivity contribution in [1.29, 1.82) is 0 Å². The summed E-state index contributed by atoms with van der Waals surface area (Å²) in [6.07, 6.45) is 0.281. The van der Waals surface area contributed by atoms with E-state index in [9.17, 15) is 4.79 Å². The Labute approximate surface area is 117 Å². The van der Waals surface area contributed by atoms with E-state index in [0.717, 1.165) is 5.17 Å². The summed E-state index contributed by atoms with van der Waals surface area (Å²) in [4.78, 5) is 10.8. The standard InChI is InChI=1S/C6H6ClI3O2/c7-2-1-5(11)12-3-4(8)6(9)10/h1-3H2. The Bertz CT molecular complexity index is 189. The van der Waals surface area contributed by atoms with Gasteiger partial charge in [0.25, 0.3) is 0 Å². The topological polar surface area (TPSA) is 26.3 Å². The molecule has 0 amide bonds. The Morgan fingerprint density at radius 3 is 2.33 bits per heavy atom. The van der Waals surface area contributed by atoms with Crippen LogP contribution in [0.2, 0.25) is 0 Å². The van der Waals surface area contributed by atoms with E-state index >= 15 is 0 Å². The highest BCUT2D eigenvalue weighted by molar-refractivity contribution is 14.2. The number of hydrogen-bond donors (Lipinski definition) is 0. The number of carbonyl (C=O) groups excluding carboxylic acids is 1. The molecule has 70 valence electrons. The molecule has 0 heterocycles. The molecule has 0 aromatic heterocycles. The number of halogens is 4. The van der Waals surface area contributed by atoms with Crippen LogP contribution < -0.4 is 0 Å². The van der Waals surface area contributed by atoms with E-state index < -0.39 is 0 Å². The Hall–Kier alpha value is 1.69. The third-order valence-electron chi connectivity index (χ3n) is 0.864. The molecule has 0 atom stereocenters. The lowest BCUT2D eigenvalue weighted by Gasteiger charge is -2.02. The summed E-state index contributed by atoms with van der Waals surface area (Å²) in [5, 5.41) is 0. The molecule has 0 rings (SSSR count). The SMILES string of the molecule is O=C(CCCl)OCC(I)=C(I)I. The molecule has 0 unspecified atom stereocenters. The molecule has 0 spiro atoms. The van der Waals surface area contributed by atoms with Gasteiger partial charge in [-0.1, -0.05) is 0 Å². The number of rotatable bonds is 4. The zero-order chi connectivity index (χ0) is 9.56. The van der Waals surface area contributed by atoms with Gasteiger partial charge in [0, 0.05) is 9.46 Å².